The molecule has 0 saturated heterocycles. The number of alkyl halides is 3. The zero-order chi connectivity index (χ0) is 21.2. The summed E-state index contributed by atoms with van der Waals surface area (Å²) in [6.45, 7) is 2.19. The molecule has 0 aliphatic rings. The number of benzene rings is 2. The maximum atomic E-state index is 12.8. The third-order valence-electron chi connectivity index (χ3n) is 4.31. The molecule has 0 radical (unpaired) electrons. The van der Waals surface area contributed by atoms with E-state index in [2.05, 4.69) is 5.32 Å². The van der Waals surface area contributed by atoms with Gasteiger partial charge in [0.1, 0.15) is 0 Å². The number of rotatable bonds is 6. The molecule has 0 saturated carbocycles. The molecule has 1 amide bonds. The van der Waals surface area contributed by atoms with Gasteiger partial charge in [-0.15, -0.1) is 0 Å². The van der Waals surface area contributed by atoms with Crippen molar-refractivity contribution in [1.29, 1.82) is 0 Å². The lowest BCUT2D eigenvalue weighted by molar-refractivity contribution is -0.258. The summed E-state index contributed by atoms with van der Waals surface area (Å²) < 4.78 is 62.1. The van der Waals surface area contributed by atoms with Crippen molar-refractivity contribution in [2.24, 2.45) is 0 Å². The van der Waals surface area contributed by atoms with Crippen LogP contribution in [0.5, 0.6) is 0 Å². The lowest BCUT2D eigenvalue weighted by atomic mass is 9.95. The third kappa shape index (κ3) is 4.90. The van der Waals surface area contributed by atoms with E-state index in [9.17, 15) is 31.5 Å². The van der Waals surface area contributed by atoms with E-state index in [-0.39, 0.29) is 28.3 Å². The maximum Gasteiger partial charge on any atom is 0.421 e. The highest BCUT2D eigenvalue weighted by molar-refractivity contribution is 7.91. The van der Waals surface area contributed by atoms with Crippen molar-refractivity contribution >= 4 is 21.4 Å². The molecule has 2 rings (SSSR count). The van der Waals surface area contributed by atoms with Gasteiger partial charge in [-0.1, -0.05) is 31.2 Å². The van der Waals surface area contributed by atoms with Crippen LogP contribution < -0.4 is 5.32 Å². The van der Waals surface area contributed by atoms with Crippen LogP contribution in [0, 0.1) is 0 Å². The van der Waals surface area contributed by atoms with E-state index in [0.717, 1.165) is 12.1 Å². The largest absolute Gasteiger partial charge is 0.421 e. The first-order chi connectivity index (χ1) is 12.9. The Hall–Kier alpha value is -2.39. The fourth-order valence-corrected chi connectivity index (χ4v) is 3.30. The van der Waals surface area contributed by atoms with Crippen LogP contribution in [0.15, 0.2) is 53.4 Å². The molecule has 2 N–H and O–H groups in total. The van der Waals surface area contributed by atoms with Crippen LogP contribution in [-0.4, -0.2) is 31.4 Å². The van der Waals surface area contributed by atoms with Crippen LogP contribution in [0.1, 0.15) is 25.0 Å². The third-order valence-corrected chi connectivity index (χ3v) is 6.06. The molecule has 0 fully saturated rings. The van der Waals surface area contributed by atoms with Crippen LogP contribution in [0.4, 0.5) is 18.9 Å². The van der Waals surface area contributed by atoms with Crippen LogP contribution in [0.2, 0.25) is 0 Å². The first kappa shape index (κ1) is 21.9. The molecule has 28 heavy (non-hydrogen) atoms. The molecule has 2 aromatic rings. The highest BCUT2D eigenvalue weighted by Gasteiger charge is 2.51. The molecule has 0 heterocycles. The topological polar surface area (TPSA) is 83.5 Å². The fraction of sp³-hybridized carbons (Fsp3) is 0.316. The smallest absolute Gasteiger partial charge is 0.376 e. The van der Waals surface area contributed by atoms with Gasteiger partial charge in [-0.2, -0.15) is 13.2 Å². The molecule has 9 heteroatoms. The summed E-state index contributed by atoms with van der Waals surface area (Å²) >= 11 is 0. The van der Waals surface area contributed by atoms with Gasteiger partial charge in [-0.05, 0) is 42.3 Å². The van der Waals surface area contributed by atoms with Crippen molar-refractivity contribution < 1.29 is 31.5 Å². The molecule has 1 unspecified atom stereocenters. The van der Waals surface area contributed by atoms with Gasteiger partial charge in [0.05, 0.1) is 17.1 Å². The van der Waals surface area contributed by atoms with Crippen LogP contribution >= 0.6 is 0 Å². The van der Waals surface area contributed by atoms with Gasteiger partial charge in [0, 0.05) is 5.69 Å². The van der Waals surface area contributed by atoms with Crippen LogP contribution in [0.25, 0.3) is 0 Å². The van der Waals surface area contributed by atoms with Crippen molar-refractivity contribution in [3.05, 3.63) is 59.7 Å². The van der Waals surface area contributed by atoms with Gasteiger partial charge in [-0.25, -0.2) is 8.42 Å². The van der Waals surface area contributed by atoms with E-state index in [0.29, 0.717) is 12.5 Å². The summed E-state index contributed by atoms with van der Waals surface area (Å²) in [5, 5.41) is 12.2. The standard InChI is InChI=1S/C19H20F3NO4S/c1-3-28(26,27)16-10-4-13(5-11-16)12-17(24)23-15-8-6-14(7-9-15)18(2,25)19(20,21)22/h4-11,25H,3,12H2,1-2H3,(H,23,24). The van der Waals surface area contributed by atoms with Crippen LogP contribution in [-0.2, 0) is 26.7 Å². The average Bonchev–Trinajstić information content (AvgIpc) is 2.61. The summed E-state index contributed by atoms with van der Waals surface area (Å²) in [4.78, 5) is 12.3. The number of carbonyl (C=O) groups is 1. The zero-order valence-electron chi connectivity index (χ0n) is 15.2. The number of nitrogens with one attached hydrogen (secondary N) is 1. The van der Waals surface area contributed by atoms with E-state index in [1.807, 2.05) is 0 Å². The molecule has 1 atom stereocenters. The minimum absolute atomic E-state index is 0.0238. The molecule has 2 aromatic carbocycles. The molecule has 0 aliphatic carbocycles. The minimum Gasteiger partial charge on any atom is -0.376 e. The molecule has 0 bridgehead atoms. The number of anilines is 1. The van der Waals surface area contributed by atoms with Gasteiger partial charge in [0.25, 0.3) is 0 Å². The number of sulfone groups is 1. The summed E-state index contributed by atoms with van der Waals surface area (Å²) in [6, 6.07) is 10.6. The summed E-state index contributed by atoms with van der Waals surface area (Å²) in [5.41, 5.74) is -2.47. The molecule has 0 aliphatic heterocycles. The second-order valence-corrected chi connectivity index (χ2v) is 8.70. The predicted molar refractivity (Wildman–Crippen MR) is 98.6 cm³/mol. The molecular formula is C19H20F3NO4S. The Bertz CT molecular complexity index is 935. The minimum atomic E-state index is -4.82. The summed E-state index contributed by atoms with van der Waals surface area (Å²) in [5.74, 6) is -0.439. The lowest BCUT2D eigenvalue weighted by Crippen LogP contribution is -2.39. The Morgan fingerprint density at radius 2 is 1.57 bits per heavy atom. The van der Waals surface area contributed by atoms with Gasteiger partial charge in [0.15, 0.2) is 15.4 Å². The Morgan fingerprint density at radius 3 is 2.04 bits per heavy atom. The van der Waals surface area contributed by atoms with Crippen molar-refractivity contribution in [3.8, 4) is 0 Å². The molecular weight excluding hydrogens is 395 g/mol. The van der Waals surface area contributed by atoms with Crippen molar-refractivity contribution in [2.45, 2.75) is 36.9 Å². The van der Waals surface area contributed by atoms with Crippen molar-refractivity contribution in [2.75, 3.05) is 11.1 Å². The average molecular weight is 415 g/mol. The number of carbonyl (C=O) groups excluding carboxylic acids is 1. The maximum absolute atomic E-state index is 12.8. The van der Waals surface area contributed by atoms with E-state index < -0.39 is 27.5 Å². The quantitative estimate of drug-likeness (QED) is 0.757. The second kappa shape index (κ2) is 7.92. The van der Waals surface area contributed by atoms with Gasteiger partial charge >= 0.3 is 6.18 Å². The zero-order valence-corrected chi connectivity index (χ0v) is 16.1. The normalized spacial score (nSPS) is 14.4. The number of aliphatic hydroxyl groups is 1. The Balaban J connectivity index is 2.04. The van der Waals surface area contributed by atoms with Gasteiger partial charge in [0.2, 0.25) is 5.91 Å². The van der Waals surface area contributed by atoms with Gasteiger partial charge in [-0.3, -0.25) is 4.79 Å². The first-order valence-electron chi connectivity index (χ1n) is 8.38. The van der Waals surface area contributed by atoms with Crippen molar-refractivity contribution in [3.63, 3.8) is 0 Å². The number of amides is 1. The van der Waals surface area contributed by atoms with Crippen molar-refractivity contribution in [1.82, 2.24) is 0 Å². The van der Waals surface area contributed by atoms with Gasteiger partial charge < -0.3 is 10.4 Å². The Kier molecular flexibility index (Phi) is 6.20. The summed E-state index contributed by atoms with van der Waals surface area (Å²) in [6.07, 6.45) is -4.86. The predicted octanol–water partition coefficient (Wildman–Crippen LogP) is 3.43. The number of hydrogen-bond acceptors (Lipinski definition) is 4. The molecule has 0 spiro atoms. The summed E-state index contributed by atoms with van der Waals surface area (Å²) in [7, 11) is -3.32. The monoisotopic (exact) mass is 415 g/mol. The van der Waals surface area contributed by atoms with E-state index in [1.165, 1.54) is 43.3 Å². The second-order valence-electron chi connectivity index (χ2n) is 6.42. The highest BCUT2D eigenvalue weighted by Crippen LogP contribution is 2.38. The Morgan fingerprint density at radius 1 is 1.04 bits per heavy atom. The van der Waals surface area contributed by atoms with Crippen LogP contribution in [0.3, 0.4) is 0 Å². The molecule has 5 nitrogen and oxygen atoms in total. The highest BCUT2D eigenvalue weighted by atomic mass is 32.2. The number of hydrogen-bond donors (Lipinski definition) is 2. The molecule has 152 valence electrons. The SMILES string of the molecule is CCS(=O)(=O)c1ccc(CC(=O)Nc2ccc(C(C)(O)C(F)(F)F)cc2)cc1. The fourth-order valence-electron chi connectivity index (χ4n) is 2.41. The Labute approximate surface area is 161 Å². The lowest BCUT2D eigenvalue weighted by Gasteiger charge is -2.26. The van der Waals surface area contributed by atoms with E-state index >= 15 is 0 Å². The van der Waals surface area contributed by atoms with E-state index in [4.69, 9.17) is 0 Å². The number of halogens is 3. The van der Waals surface area contributed by atoms with E-state index in [1.54, 1.807) is 0 Å². The first-order valence-corrected chi connectivity index (χ1v) is 10.0. The molecule has 0 aromatic heterocycles.